The Labute approximate surface area is 137 Å². The molecule has 0 radical (unpaired) electrons. The molecule has 1 heterocycles. The average Bonchev–Trinajstić information content (AvgIpc) is 3.09. The molecule has 0 aliphatic heterocycles. The maximum atomic E-state index is 11.9. The molecule has 1 amide bonds. The lowest BCUT2D eigenvalue weighted by molar-refractivity contribution is -0.118. The fraction of sp³-hybridized carbons (Fsp3) is 0.0588. The number of carbonyl (C=O) groups excluding carboxylic acids is 1. The van der Waals surface area contributed by atoms with E-state index in [0.29, 0.717) is 17.2 Å². The predicted molar refractivity (Wildman–Crippen MR) is 85.0 cm³/mol. The van der Waals surface area contributed by atoms with Crippen LogP contribution in [0.5, 0.6) is 5.75 Å². The average molecular weight is 320 g/mol. The summed E-state index contributed by atoms with van der Waals surface area (Å²) in [7, 11) is 0. The summed E-state index contributed by atoms with van der Waals surface area (Å²) >= 11 is 0. The molecular weight excluding hydrogens is 308 g/mol. The van der Waals surface area contributed by atoms with Gasteiger partial charge in [-0.15, -0.1) is 5.10 Å². The smallest absolute Gasteiger partial charge is 0.322 e. The molecule has 0 atom stereocenters. The van der Waals surface area contributed by atoms with Gasteiger partial charge in [0.05, 0.1) is 5.56 Å². The molecule has 3 rings (SSSR count). The van der Waals surface area contributed by atoms with Gasteiger partial charge in [0, 0.05) is 5.56 Å². The Morgan fingerprint density at radius 2 is 1.88 bits per heavy atom. The fourth-order valence-corrected chi connectivity index (χ4v) is 1.95. The number of para-hydroxylation sites is 1. The lowest BCUT2D eigenvalue weighted by Crippen LogP contribution is -2.20. The summed E-state index contributed by atoms with van der Waals surface area (Å²) in [6, 6.07) is 17.8. The summed E-state index contributed by atoms with van der Waals surface area (Å²) in [4.78, 5) is 11.9. The zero-order chi connectivity index (χ0) is 16.8. The van der Waals surface area contributed by atoms with E-state index in [2.05, 4.69) is 15.5 Å². The van der Waals surface area contributed by atoms with Crippen molar-refractivity contribution in [3.05, 3.63) is 60.2 Å². The molecule has 2 aromatic carbocycles. The first kappa shape index (κ1) is 15.2. The summed E-state index contributed by atoms with van der Waals surface area (Å²) in [5.74, 6) is 0.179. The van der Waals surface area contributed by atoms with Crippen LogP contribution in [0.1, 0.15) is 5.56 Å². The molecule has 0 aliphatic rings. The first-order valence-corrected chi connectivity index (χ1v) is 7.07. The third kappa shape index (κ3) is 3.56. The van der Waals surface area contributed by atoms with Crippen molar-refractivity contribution in [1.82, 2.24) is 10.2 Å². The highest BCUT2D eigenvalue weighted by Crippen LogP contribution is 2.19. The standard InChI is InChI=1S/C17H12N4O3/c18-10-13-8-4-5-9-14(13)23-11-15(22)19-17-21-20-16(24-17)12-6-2-1-3-7-12/h1-9H,11H2,(H,19,21,22). The van der Waals surface area contributed by atoms with Gasteiger partial charge in [0.25, 0.3) is 5.91 Å². The topological polar surface area (TPSA) is 101 Å². The number of rotatable bonds is 5. The van der Waals surface area contributed by atoms with E-state index >= 15 is 0 Å². The number of nitrogens with one attached hydrogen (secondary N) is 1. The molecule has 0 saturated carbocycles. The molecule has 0 saturated heterocycles. The summed E-state index contributed by atoms with van der Waals surface area (Å²) in [6.45, 7) is -0.276. The van der Waals surface area contributed by atoms with E-state index in [1.165, 1.54) is 0 Å². The molecule has 7 heteroatoms. The van der Waals surface area contributed by atoms with Crippen molar-refractivity contribution < 1.29 is 13.9 Å². The fourth-order valence-electron chi connectivity index (χ4n) is 1.95. The number of nitriles is 1. The van der Waals surface area contributed by atoms with Gasteiger partial charge in [-0.2, -0.15) is 5.26 Å². The Hall–Kier alpha value is -3.66. The number of anilines is 1. The quantitative estimate of drug-likeness (QED) is 0.775. The third-order valence-corrected chi connectivity index (χ3v) is 3.06. The van der Waals surface area contributed by atoms with Crippen LogP contribution in [-0.2, 0) is 4.79 Å². The van der Waals surface area contributed by atoms with Crippen molar-refractivity contribution in [3.8, 4) is 23.3 Å². The monoisotopic (exact) mass is 320 g/mol. The molecule has 3 aromatic rings. The highest BCUT2D eigenvalue weighted by molar-refractivity contribution is 5.89. The van der Waals surface area contributed by atoms with Gasteiger partial charge in [-0.3, -0.25) is 10.1 Å². The number of carbonyl (C=O) groups is 1. The predicted octanol–water partition coefficient (Wildman–Crippen LogP) is 2.63. The van der Waals surface area contributed by atoms with E-state index in [1.54, 1.807) is 24.3 Å². The Kier molecular flexibility index (Phi) is 4.49. The van der Waals surface area contributed by atoms with Crippen molar-refractivity contribution in [2.45, 2.75) is 0 Å². The van der Waals surface area contributed by atoms with Gasteiger partial charge in [-0.25, -0.2) is 0 Å². The van der Waals surface area contributed by atoms with Crippen LogP contribution < -0.4 is 10.1 Å². The summed E-state index contributed by atoms with van der Waals surface area (Å²) in [5.41, 5.74) is 1.11. The molecule has 24 heavy (non-hydrogen) atoms. The van der Waals surface area contributed by atoms with Crippen LogP contribution in [0.2, 0.25) is 0 Å². The van der Waals surface area contributed by atoms with E-state index in [9.17, 15) is 4.79 Å². The number of nitrogens with zero attached hydrogens (tertiary/aromatic N) is 3. The Morgan fingerprint density at radius 3 is 2.67 bits per heavy atom. The molecule has 0 spiro atoms. The van der Waals surface area contributed by atoms with E-state index in [4.69, 9.17) is 14.4 Å². The molecule has 0 bridgehead atoms. The van der Waals surface area contributed by atoms with E-state index in [1.807, 2.05) is 36.4 Å². The minimum absolute atomic E-state index is 0.0176. The van der Waals surface area contributed by atoms with Crippen LogP contribution in [0.25, 0.3) is 11.5 Å². The largest absolute Gasteiger partial charge is 0.482 e. The number of hydrogen-bond acceptors (Lipinski definition) is 6. The van der Waals surface area contributed by atoms with E-state index < -0.39 is 5.91 Å². The first-order chi connectivity index (χ1) is 11.8. The number of amides is 1. The molecule has 0 unspecified atom stereocenters. The lowest BCUT2D eigenvalue weighted by Gasteiger charge is -2.06. The zero-order valence-corrected chi connectivity index (χ0v) is 12.5. The molecule has 0 fully saturated rings. The second-order valence-electron chi connectivity index (χ2n) is 4.72. The molecule has 7 nitrogen and oxygen atoms in total. The SMILES string of the molecule is N#Cc1ccccc1OCC(=O)Nc1nnc(-c2ccccc2)o1. The maximum absolute atomic E-state index is 11.9. The van der Waals surface area contributed by atoms with Gasteiger partial charge in [-0.05, 0) is 24.3 Å². The zero-order valence-electron chi connectivity index (χ0n) is 12.5. The van der Waals surface area contributed by atoms with E-state index in [0.717, 1.165) is 5.56 Å². The van der Waals surface area contributed by atoms with Crippen LogP contribution in [0.15, 0.2) is 59.0 Å². The normalized spacial score (nSPS) is 9.96. The van der Waals surface area contributed by atoms with Gasteiger partial charge < -0.3 is 9.15 Å². The molecule has 1 aromatic heterocycles. The van der Waals surface area contributed by atoms with Gasteiger partial charge in [0.15, 0.2) is 6.61 Å². The summed E-state index contributed by atoms with van der Waals surface area (Å²) in [6.07, 6.45) is 0. The van der Waals surface area contributed by atoms with Gasteiger partial charge in [0.1, 0.15) is 11.8 Å². The van der Waals surface area contributed by atoms with Gasteiger partial charge >= 0.3 is 6.01 Å². The van der Waals surface area contributed by atoms with Crippen LogP contribution >= 0.6 is 0 Å². The first-order valence-electron chi connectivity index (χ1n) is 7.07. The number of aromatic nitrogens is 2. The van der Waals surface area contributed by atoms with Crippen LogP contribution in [0.3, 0.4) is 0 Å². The van der Waals surface area contributed by atoms with Crippen molar-refractivity contribution in [3.63, 3.8) is 0 Å². The highest BCUT2D eigenvalue weighted by atomic mass is 16.5. The molecular formula is C17H12N4O3. The highest BCUT2D eigenvalue weighted by Gasteiger charge is 2.12. The number of ether oxygens (including phenoxy) is 1. The van der Waals surface area contributed by atoms with Crippen LogP contribution in [0.4, 0.5) is 6.01 Å². The van der Waals surface area contributed by atoms with Crippen LogP contribution in [-0.4, -0.2) is 22.7 Å². The molecule has 118 valence electrons. The van der Waals surface area contributed by atoms with Gasteiger partial charge in [0.2, 0.25) is 5.89 Å². The lowest BCUT2D eigenvalue weighted by atomic mass is 10.2. The van der Waals surface area contributed by atoms with Crippen molar-refractivity contribution >= 4 is 11.9 Å². The second kappa shape index (κ2) is 7.07. The minimum Gasteiger partial charge on any atom is -0.482 e. The Balaban J connectivity index is 1.60. The van der Waals surface area contributed by atoms with Crippen LogP contribution in [0, 0.1) is 11.3 Å². The summed E-state index contributed by atoms with van der Waals surface area (Å²) in [5, 5.41) is 19.1. The number of hydrogen-bond donors (Lipinski definition) is 1. The Morgan fingerprint density at radius 1 is 1.12 bits per heavy atom. The molecule has 1 N–H and O–H groups in total. The third-order valence-electron chi connectivity index (χ3n) is 3.06. The Bertz CT molecular complexity index is 884. The maximum Gasteiger partial charge on any atom is 0.322 e. The minimum atomic E-state index is -0.467. The van der Waals surface area contributed by atoms with Crippen molar-refractivity contribution in [2.24, 2.45) is 0 Å². The summed E-state index contributed by atoms with van der Waals surface area (Å²) < 4.78 is 10.7. The number of benzene rings is 2. The van der Waals surface area contributed by atoms with Gasteiger partial charge in [-0.1, -0.05) is 35.4 Å². The second-order valence-corrected chi connectivity index (χ2v) is 4.72. The van der Waals surface area contributed by atoms with Crippen molar-refractivity contribution in [1.29, 1.82) is 5.26 Å². The van der Waals surface area contributed by atoms with E-state index in [-0.39, 0.29) is 12.6 Å². The molecule has 0 aliphatic carbocycles. The van der Waals surface area contributed by atoms with Crippen molar-refractivity contribution in [2.75, 3.05) is 11.9 Å².